The number of hydrogen-bond acceptors (Lipinski definition) is 5. The molecule has 0 amide bonds. The lowest BCUT2D eigenvalue weighted by atomic mass is 9.78. The van der Waals surface area contributed by atoms with Gasteiger partial charge in [-0.05, 0) is 38.0 Å². The standard InChI is InChI=1S/C13H22N4S/c1-2-14-13-16-15-12(18-13)9-17-7-10-4-3-5-11(6-10)8-17/h10-11H,2-9H2,1H3,(H,14,16). The van der Waals surface area contributed by atoms with Gasteiger partial charge in [-0.25, -0.2) is 0 Å². The Labute approximate surface area is 113 Å². The Hall–Kier alpha value is -0.680. The molecule has 0 spiro atoms. The summed E-state index contributed by atoms with van der Waals surface area (Å²) in [6.45, 7) is 6.55. The third-order valence-corrected chi connectivity index (χ3v) is 4.94. The summed E-state index contributed by atoms with van der Waals surface area (Å²) >= 11 is 1.70. The van der Waals surface area contributed by atoms with E-state index in [1.165, 1.54) is 38.8 Å². The zero-order valence-electron chi connectivity index (χ0n) is 11.1. The second-order valence-electron chi connectivity index (χ2n) is 5.62. The molecule has 18 heavy (non-hydrogen) atoms. The van der Waals surface area contributed by atoms with Crippen LogP contribution < -0.4 is 5.32 Å². The van der Waals surface area contributed by atoms with Gasteiger partial charge in [0.05, 0.1) is 6.54 Å². The highest BCUT2D eigenvalue weighted by molar-refractivity contribution is 7.15. The molecule has 1 aromatic heterocycles. The monoisotopic (exact) mass is 266 g/mol. The number of fused-ring (bicyclic) bond motifs is 2. The van der Waals surface area contributed by atoms with Crippen LogP contribution in [-0.2, 0) is 6.54 Å². The molecule has 2 aliphatic rings. The van der Waals surface area contributed by atoms with E-state index in [1.807, 2.05) is 0 Å². The summed E-state index contributed by atoms with van der Waals surface area (Å²) in [6.07, 6.45) is 5.79. The first-order chi connectivity index (χ1) is 8.83. The Morgan fingerprint density at radius 2 is 2.06 bits per heavy atom. The highest BCUT2D eigenvalue weighted by Crippen LogP contribution is 2.35. The average molecular weight is 266 g/mol. The summed E-state index contributed by atoms with van der Waals surface area (Å²) in [5, 5.41) is 13.8. The van der Waals surface area contributed by atoms with Crippen LogP contribution in [0.2, 0.25) is 0 Å². The van der Waals surface area contributed by atoms with E-state index < -0.39 is 0 Å². The predicted molar refractivity (Wildman–Crippen MR) is 74.8 cm³/mol. The zero-order valence-corrected chi connectivity index (χ0v) is 11.9. The number of rotatable bonds is 4. The second-order valence-corrected chi connectivity index (χ2v) is 6.69. The van der Waals surface area contributed by atoms with E-state index in [2.05, 4.69) is 27.3 Å². The molecule has 2 unspecified atom stereocenters. The van der Waals surface area contributed by atoms with Gasteiger partial charge in [0.2, 0.25) is 5.13 Å². The molecule has 1 aliphatic carbocycles. The Balaban J connectivity index is 1.58. The number of likely N-dealkylation sites (tertiary alicyclic amines) is 1. The summed E-state index contributed by atoms with van der Waals surface area (Å²) in [6, 6.07) is 0. The van der Waals surface area contributed by atoms with Crippen LogP contribution in [0.4, 0.5) is 5.13 Å². The maximum Gasteiger partial charge on any atom is 0.205 e. The molecule has 2 heterocycles. The van der Waals surface area contributed by atoms with Gasteiger partial charge in [-0.15, -0.1) is 10.2 Å². The largest absolute Gasteiger partial charge is 0.360 e. The van der Waals surface area contributed by atoms with Crippen molar-refractivity contribution in [3.8, 4) is 0 Å². The first-order valence-corrected chi connectivity index (χ1v) is 7.93. The molecule has 4 nitrogen and oxygen atoms in total. The van der Waals surface area contributed by atoms with Gasteiger partial charge in [0.25, 0.3) is 0 Å². The highest BCUT2D eigenvalue weighted by atomic mass is 32.1. The fourth-order valence-electron chi connectivity index (χ4n) is 3.40. The van der Waals surface area contributed by atoms with Crippen LogP contribution in [0.3, 0.4) is 0 Å². The van der Waals surface area contributed by atoms with Crippen molar-refractivity contribution in [2.45, 2.75) is 39.2 Å². The molecule has 0 aromatic carbocycles. The van der Waals surface area contributed by atoms with Crippen molar-refractivity contribution in [3.05, 3.63) is 5.01 Å². The normalized spacial score (nSPS) is 28.3. The molecular formula is C13H22N4S. The minimum atomic E-state index is 0.919. The lowest BCUT2D eigenvalue weighted by Crippen LogP contribution is -2.42. The van der Waals surface area contributed by atoms with Gasteiger partial charge in [-0.3, -0.25) is 4.90 Å². The highest BCUT2D eigenvalue weighted by Gasteiger charge is 2.30. The van der Waals surface area contributed by atoms with E-state index in [1.54, 1.807) is 11.3 Å². The molecule has 2 bridgehead atoms. The van der Waals surface area contributed by atoms with Crippen molar-refractivity contribution in [1.29, 1.82) is 0 Å². The number of nitrogens with zero attached hydrogens (tertiary/aromatic N) is 3. The number of anilines is 1. The average Bonchev–Trinajstić information content (AvgIpc) is 2.77. The third-order valence-electron chi connectivity index (χ3n) is 4.08. The van der Waals surface area contributed by atoms with Crippen LogP contribution in [0.15, 0.2) is 0 Å². The Morgan fingerprint density at radius 1 is 1.28 bits per heavy atom. The van der Waals surface area contributed by atoms with Crippen LogP contribution in [0.1, 0.15) is 37.6 Å². The fraction of sp³-hybridized carbons (Fsp3) is 0.846. The molecule has 3 rings (SSSR count). The molecular weight excluding hydrogens is 244 g/mol. The molecule has 1 aliphatic heterocycles. The van der Waals surface area contributed by atoms with E-state index in [9.17, 15) is 0 Å². The van der Waals surface area contributed by atoms with Crippen molar-refractivity contribution in [2.24, 2.45) is 11.8 Å². The Kier molecular flexibility index (Phi) is 3.80. The van der Waals surface area contributed by atoms with Crippen LogP contribution in [0.5, 0.6) is 0 Å². The van der Waals surface area contributed by atoms with E-state index >= 15 is 0 Å². The molecule has 2 atom stereocenters. The minimum Gasteiger partial charge on any atom is -0.360 e. The lowest BCUT2D eigenvalue weighted by Gasteiger charge is -2.41. The number of hydrogen-bond donors (Lipinski definition) is 1. The van der Waals surface area contributed by atoms with Crippen LogP contribution >= 0.6 is 11.3 Å². The van der Waals surface area contributed by atoms with Gasteiger partial charge in [-0.2, -0.15) is 0 Å². The summed E-state index contributed by atoms with van der Waals surface area (Å²) in [7, 11) is 0. The summed E-state index contributed by atoms with van der Waals surface area (Å²) in [5.41, 5.74) is 0. The zero-order chi connectivity index (χ0) is 12.4. The van der Waals surface area contributed by atoms with Gasteiger partial charge in [0.1, 0.15) is 5.01 Å². The van der Waals surface area contributed by atoms with Gasteiger partial charge in [0.15, 0.2) is 0 Å². The van der Waals surface area contributed by atoms with Crippen molar-refractivity contribution in [3.63, 3.8) is 0 Å². The Morgan fingerprint density at radius 3 is 2.78 bits per heavy atom. The van der Waals surface area contributed by atoms with Crippen molar-refractivity contribution >= 4 is 16.5 Å². The van der Waals surface area contributed by atoms with Gasteiger partial charge in [0, 0.05) is 19.6 Å². The van der Waals surface area contributed by atoms with Crippen molar-refractivity contribution in [1.82, 2.24) is 15.1 Å². The van der Waals surface area contributed by atoms with E-state index in [0.29, 0.717) is 0 Å². The number of piperidine rings is 1. The molecule has 1 saturated heterocycles. The SMILES string of the molecule is CCNc1nnc(CN2CC3CCCC(C3)C2)s1. The van der Waals surface area contributed by atoms with Gasteiger partial charge >= 0.3 is 0 Å². The minimum absolute atomic E-state index is 0.919. The van der Waals surface area contributed by atoms with Gasteiger partial charge in [-0.1, -0.05) is 17.8 Å². The van der Waals surface area contributed by atoms with Gasteiger partial charge < -0.3 is 5.32 Å². The first-order valence-electron chi connectivity index (χ1n) is 7.12. The molecule has 5 heteroatoms. The molecule has 100 valence electrons. The number of nitrogens with one attached hydrogen (secondary N) is 1. The van der Waals surface area contributed by atoms with Crippen LogP contribution in [0, 0.1) is 11.8 Å². The molecule has 1 saturated carbocycles. The van der Waals surface area contributed by atoms with E-state index in [4.69, 9.17) is 0 Å². The fourth-order valence-corrected chi connectivity index (χ4v) is 4.25. The quantitative estimate of drug-likeness (QED) is 0.909. The smallest absolute Gasteiger partial charge is 0.205 e. The maximum atomic E-state index is 4.29. The topological polar surface area (TPSA) is 41.1 Å². The van der Waals surface area contributed by atoms with E-state index in [-0.39, 0.29) is 0 Å². The maximum absolute atomic E-state index is 4.29. The lowest BCUT2D eigenvalue weighted by molar-refractivity contribution is 0.0806. The summed E-state index contributed by atoms with van der Waals surface area (Å²) in [4.78, 5) is 2.59. The Bertz CT molecular complexity index is 380. The molecule has 1 aromatic rings. The summed E-state index contributed by atoms with van der Waals surface area (Å²) < 4.78 is 0. The van der Waals surface area contributed by atoms with Crippen LogP contribution in [0.25, 0.3) is 0 Å². The summed E-state index contributed by atoms with van der Waals surface area (Å²) in [5.74, 6) is 1.89. The number of aromatic nitrogens is 2. The second kappa shape index (κ2) is 5.53. The molecule has 0 radical (unpaired) electrons. The molecule has 2 fully saturated rings. The van der Waals surface area contributed by atoms with E-state index in [0.717, 1.165) is 35.1 Å². The third kappa shape index (κ3) is 2.83. The van der Waals surface area contributed by atoms with Crippen LogP contribution in [-0.4, -0.2) is 34.7 Å². The predicted octanol–water partition coefficient (Wildman–Crippen LogP) is 2.59. The van der Waals surface area contributed by atoms with Crippen molar-refractivity contribution < 1.29 is 0 Å². The first kappa shape index (κ1) is 12.4. The van der Waals surface area contributed by atoms with Crippen molar-refractivity contribution in [2.75, 3.05) is 25.0 Å². The molecule has 1 N–H and O–H groups in total.